The molecule has 1 N–H and O–H groups in total. The third kappa shape index (κ3) is 4.59. The van der Waals surface area contributed by atoms with Crippen LogP contribution in [0.1, 0.15) is 44.0 Å². The molecule has 6 heteroatoms. The van der Waals surface area contributed by atoms with Crippen LogP contribution in [0.3, 0.4) is 0 Å². The van der Waals surface area contributed by atoms with Gasteiger partial charge in [-0.2, -0.15) is 0 Å². The predicted molar refractivity (Wildman–Crippen MR) is 86.7 cm³/mol. The Hall–Kier alpha value is -1.82. The summed E-state index contributed by atoms with van der Waals surface area (Å²) in [5.74, 6) is 1.78. The molecule has 0 aliphatic heterocycles. The average molecular weight is 319 g/mol. The molecule has 0 saturated heterocycles. The van der Waals surface area contributed by atoms with E-state index in [1.165, 1.54) is 11.8 Å². The molecule has 0 aromatic carbocycles. The first-order valence-electron chi connectivity index (χ1n) is 7.28. The number of amides is 1. The third-order valence-electron chi connectivity index (χ3n) is 3.05. The highest BCUT2D eigenvalue weighted by molar-refractivity contribution is 8.00. The SMILES string of the molecule is Cc1cc(S[C@@H](C)C(=O)NCc2ccco2)nc(C(C)C)n1. The zero-order valence-electron chi connectivity index (χ0n) is 13.3. The van der Waals surface area contributed by atoms with Crippen molar-refractivity contribution in [3.63, 3.8) is 0 Å². The van der Waals surface area contributed by atoms with Crippen molar-refractivity contribution in [1.82, 2.24) is 15.3 Å². The first-order chi connectivity index (χ1) is 10.5. The monoisotopic (exact) mass is 319 g/mol. The summed E-state index contributed by atoms with van der Waals surface area (Å²) in [5.41, 5.74) is 0.921. The van der Waals surface area contributed by atoms with Crippen molar-refractivity contribution in [1.29, 1.82) is 0 Å². The number of carbonyl (C=O) groups excluding carboxylic acids is 1. The number of aryl methyl sites for hydroxylation is 1. The smallest absolute Gasteiger partial charge is 0.233 e. The van der Waals surface area contributed by atoms with Gasteiger partial charge in [-0.05, 0) is 32.0 Å². The Balaban J connectivity index is 1.95. The van der Waals surface area contributed by atoms with Gasteiger partial charge in [0.15, 0.2) is 0 Å². The Kier molecular flexibility index (Phi) is 5.60. The molecule has 118 valence electrons. The molecule has 0 unspecified atom stereocenters. The number of aromatic nitrogens is 2. The van der Waals surface area contributed by atoms with Crippen molar-refractivity contribution < 1.29 is 9.21 Å². The molecule has 2 aromatic heterocycles. The molecule has 22 heavy (non-hydrogen) atoms. The number of rotatable bonds is 6. The molecule has 0 aliphatic carbocycles. The van der Waals surface area contributed by atoms with Gasteiger partial charge in [-0.3, -0.25) is 4.79 Å². The lowest BCUT2D eigenvalue weighted by Gasteiger charge is -2.12. The largest absolute Gasteiger partial charge is 0.467 e. The first kappa shape index (κ1) is 16.5. The highest BCUT2D eigenvalue weighted by atomic mass is 32.2. The van der Waals surface area contributed by atoms with Gasteiger partial charge in [-0.25, -0.2) is 9.97 Å². The quantitative estimate of drug-likeness (QED) is 0.653. The molecular weight excluding hydrogens is 298 g/mol. The van der Waals surface area contributed by atoms with E-state index < -0.39 is 0 Å². The highest BCUT2D eigenvalue weighted by Crippen LogP contribution is 2.23. The molecule has 0 radical (unpaired) electrons. The zero-order chi connectivity index (χ0) is 16.1. The molecule has 0 saturated carbocycles. The van der Waals surface area contributed by atoms with E-state index in [0.717, 1.165) is 22.3 Å². The molecule has 0 bridgehead atoms. The second-order valence-corrected chi connectivity index (χ2v) is 6.78. The van der Waals surface area contributed by atoms with Crippen LogP contribution < -0.4 is 5.32 Å². The van der Waals surface area contributed by atoms with Gasteiger partial charge >= 0.3 is 0 Å². The normalized spacial score (nSPS) is 12.4. The summed E-state index contributed by atoms with van der Waals surface area (Å²) in [7, 11) is 0. The molecule has 5 nitrogen and oxygen atoms in total. The van der Waals surface area contributed by atoms with E-state index >= 15 is 0 Å². The average Bonchev–Trinajstić information content (AvgIpc) is 2.97. The number of carbonyl (C=O) groups is 1. The Labute approximate surface area is 134 Å². The van der Waals surface area contributed by atoms with E-state index in [1.54, 1.807) is 12.3 Å². The lowest BCUT2D eigenvalue weighted by atomic mass is 10.2. The van der Waals surface area contributed by atoms with E-state index in [4.69, 9.17) is 4.42 Å². The van der Waals surface area contributed by atoms with Crippen LogP contribution in [-0.2, 0) is 11.3 Å². The van der Waals surface area contributed by atoms with E-state index in [9.17, 15) is 4.79 Å². The minimum absolute atomic E-state index is 0.0382. The summed E-state index contributed by atoms with van der Waals surface area (Å²) in [5, 5.41) is 3.46. The summed E-state index contributed by atoms with van der Waals surface area (Å²) in [6.45, 7) is 8.33. The van der Waals surface area contributed by atoms with E-state index in [-0.39, 0.29) is 17.1 Å². The van der Waals surface area contributed by atoms with Crippen molar-refractivity contribution in [3.8, 4) is 0 Å². The molecule has 2 aromatic rings. The third-order valence-corrected chi connectivity index (χ3v) is 4.07. The van der Waals surface area contributed by atoms with E-state index in [0.29, 0.717) is 6.54 Å². The van der Waals surface area contributed by atoms with Gasteiger partial charge in [0.1, 0.15) is 16.6 Å². The van der Waals surface area contributed by atoms with Crippen molar-refractivity contribution in [2.75, 3.05) is 0 Å². The minimum Gasteiger partial charge on any atom is -0.467 e. The fourth-order valence-electron chi connectivity index (χ4n) is 1.85. The number of hydrogen-bond donors (Lipinski definition) is 1. The van der Waals surface area contributed by atoms with Gasteiger partial charge in [0.2, 0.25) is 5.91 Å². The molecule has 2 heterocycles. The fourth-order valence-corrected chi connectivity index (χ4v) is 2.78. The van der Waals surface area contributed by atoms with Crippen molar-refractivity contribution in [2.45, 2.75) is 50.4 Å². The standard InChI is InChI=1S/C16H21N3O2S/c1-10(2)15-18-11(3)8-14(19-15)22-12(4)16(20)17-9-13-6-5-7-21-13/h5-8,10,12H,9H2,1-4H3,(H,17,20)/t12-/m0/s1. The molecule has 0 spiro atoms. The van der Waals surface area contributed by atoms with Crippen LogP contribution in [-0.4, -0.2) is 21.1 Å². The summed E-state index contributed by atoms with van der Waals surface area (Å²) < 4.78 is 5.20. The summed E-state index contributed by atoms with van der Waals surface area (Å²) in [6.07, 6.45) is 1.59. The topological polar surface area (TPSA) is 68.0 Å². The van der Waals surface area contributed by atoms with Crippen LogP contribution in [0.4, 0.5) is 0 Å². The van der Waals surface area contributed by atoms with Gasteiger partial charge in [0, 0.05) is 11.6 Å². The molecule has 1 amide bonds. The van der Waals surface area contributed by atoms with Crippen molar-refractivity contribution in [3.05, 3.63) is 41.7 Å². The Morgan fingerprint density at radius 2 is 2.14 bits per heavy atom. The van der Waals surface area contributed by atoms with Crippen molar-refractivity contribution >= 4 is 17.7 Å². The lowest BCUT2D eigenvalue weighted by molar-refractivity contribution is -0.120. The molecule has 1 atom stereocenters. The lowest BCUT2D eigenvalue weighted by Crippen LogP contribution is -2.30. The van der Waals surface area contributed by atoms with Crippen LogP contribution in [0.2, 0.25) is 0 Å². The summed E-state index contributed by atoms with van der Waals surface area (Å²) in [4.78, 5) is 21.1. The Morgan fingerprint density at radius 1 is 1.36 bits per heavy atom. The van der Waals surface area contributed by atoms with Gasteiger partial charge in [-0.1, -0.05) is 25.6 Å². The predicted octanol–water partition coefficient (Wildman–Crippen LogP) is 3.30. The van der Waals surface area contributed by atoms with Crippen LogP contribution in [0.15, 0.2) is 33.9 Å². The molecule has 2 rings (SSSR count). The van der Waals surface area contributed by atoms with E-state index in [1.807, 2.05) is 26.0 Å². The first-order valence-corrected chi connectivity index (χ1v) is 8.16. The number of thioether (sulfide) groups is 1. The molecule has 0 aliphatic rings. The summed E-state index contributed by atoms with van der Waals surface area (Å²) >= 11 is 1.44. The number of hydrogen-bond acceptors (Lipinski definition) is 5. The number of nitrogens with zero attached hydrogens (tertiary/aromatic N) is 2. The zero-order valence-corrected chi connectivity index (χ0v) is 14.1. The number of furan rings is 1. The molecular formula is C16H21N3O2S. The minimum atomic E-state index is -0.232. The maximum atomic E-state index is 12.1. The molecule has 0 fully saturated rings. The second-order valence-electron chi connectivity index (χ2n) is 5.42. The van der Waals surface area contributed by atoms with Crippen LogP contribution in [0, 0.1) is 6.92 Å². The second kappa shape index (κ2) is 7.45. The summed E-state index contributed by atoms with van der Waals surface area (Å²) in [6, 6.07) is 5.55. The van der Waals surface area contributed by atoms with E-state index in [2.05, 4.69) is 29.1 Å². The number of nitrogens with one attached hydrogen (secondary N) is 1. The van der Waals surface area contributed by atoms with Gasteiger partial charge in [-0.15, -0.1) is 0 Å². The Bertz CT molecular complexity index is 626. The maximum absolute atomic E-state index is 12.1. The maximum Gasteiger partial charge on any atom is 0.233 e. The van der Waals surface area contributed by atoms with Gasteiger partial charge in [0.25, 0.3) is 0 Å². The highest BCUT2D eigenvalue weighted by Gasteiger charge is 2.16. The van der Waals surface area contributed by atoms with Crippen LogP contribution in [0.5, 0.6) is 0 Å². The Morgan fingerprint density at radius 3 is 2.77 bits per heavy atom. The van der Waals surface area contributed by atoms with Gasteiger partial charge in [0.05, 0.1) is 18.1 Å². The van der Waals surface area contributed by atoms with Crippen LogP contribution in [0.25, 0.3) is 0 Å². The van der Waals surface area contributed by atoms with Gasteiger partial charge < -0.3 is 9.73 Å². The van der Waals surface area contributed by atoms with Crippen molar-refractivity contribution in [2.24, 2.45) is 0 Å². The fraction of sp³-hybridized carbons (Fsp3) is 0.438. The van der Waals surface area contributed by atoms with Crippen LogP contribution >= 0.6 is 11.8 Å².